The second-order valence-electron chi connectivity index (χ2n) is 12.7. The third-order valence-corrected chi connectivity index (χ3v) is 9.91. The maximum Gasteiger partial charge on any atom is 0.144 e. The van der Waals surface area contributed by atoms with Crippen LogP contribution in [0.3, 0.4) is 0 Å². The van der Waals surface area contributed by atoms with Gasteiger partial charge in [0.15, 0.2) is 0 Å². The highest BCUT2D eigenvalue weighted by molar-refractivity contribution is 6.21. The summed E-state index contributed by atoms with van der Waals surface area (Å²) in [5.41, 5.74) is 10.8. The second-order valence-corrected chi connectivity index (χ2v) is 12.7. The van der Waals surface area contributed by atoms with Crippen LogP contribution in [0.4, 0.5) is 0 Å². The standard InChI is InChI=1S/C47H29NO/c1-2-11-30(12-3-1)31-21-23-32(24-22-31)45-36-15-6-8-17-38(36)46(39-18-9-7-16-37(39)45)35-25-26-43(48-29-35)41-20-10-19-40-42-27-33-13-4-5-14-34(33)28-44(42)49-47(40)41/h1-29H. The van der Waals surface area contributed by atoms with Gasteiger partial charge in [0, 0.05) is 28.1 Å². The van der Waals surface area contributed by atoms with E-state index < -0.39 is 0 Å². The molecule has 8 aromatic carbocycles. The molecular weight excluding hydrogens is 595 g/mol. The number of furan rings is 1. The molecule has 2 heterocycles. The van der Waals surface area contributed by atoms with Gasteiger partial charge in [-0.05, 0) is 84.4 Å². The van der Waals surface area contributed by atoms with Crippen molar-refractivity contribution in [1.29, 1.82) is 0 Å². The lowest BCUT2D eigenvalue weighted by Crippen LogP contribution is -1.92. The third-order valence-electron chi connectivity index (χ3n) is 9.91. The highest BCUT2D eigenvalue weighted by atomic mass is 16.3. The topological polar surface area (TPSA) is 26.0 Å². The first-order valence-electron chi connectivity index (χ1n) is 16.7. The van der Waals surface area contributed by atoms with Gasteiger partial charge < -0.3 is 4.42 Å². The third kappa shape index (κ3) is 4.46. The Morgan fingerprint density at radius 1 is 0.367 bits per heavy atom. The predicted molar refractivity (Wildman–Crippen MR) is 206 cm³/mol. The Kier molecular flexibility index (Phi) is 6.22. The van der Waals surface area contributed by atoms with Gasteiger partial charge in [0.2, 0.25) is 0 Å². The summed E-state index contributed by atoms with van der Waals surface area (Å²) >= 11 is 0. The molecule has 0 unspecified atom stereocenters. The van der Waals surface area contributed by atoms with E-state index in [1.165, 1.54) is 60.1 Å². The molecule has 0 bridgehead atoms. The molecule has 0 amide bonds. The molecule has 0 aliphatic heterocycles. The molecule has 0 N–H and O–H groups in total. The fourth-order valence-corrected chi connectivity index (χ4v) is 7.60. The number of benzene rings is 8. The van der Waals surface area contributed by atoms with Gasteiger partial charge in [-0.2, -0.15) is 0 Å². The zero-order chi connectivity index (χ0) is 32.3. The molecule has 49 heavy (non-hydrogen) atoms. The molecule has 0 atom stereocenters. The van der Waals surface area contributed by atoms with Crippen molar-refractivity contribution in [1.82, 2.24) is 4.98 Å². The summed E-state index contributed by atoms with van der Waals surface area (Å²) in [6, 6.07) is 60.6. The quantitative estimate of drug-likeness (QED) is 0.182. The van der Waals surface area contributed by atoms with Gasteiger partial charge in [0.1, 0.15) is 11.2 Å². The molecular formula is C47H29NO. The number of hydrogen-bond donors (Lipinski definition) is 0. The lowest BCUT2D eigenvalue weighted by atomic mass is 9.86. The number of aromatic nitrogens is 1. The fourth-order valence-electron chi connectivity index (χ4n) is 7.60. The maximum absolute atomic E-state index is 6.52. The van der Waals surface area contributed by atoms with Crippen LogP contribution < -0.4 is 0 Å². The van der Waals surface area contributed by atoms with Crippen LogP contribution in [0, 0.1) is 0 Å². The van der Waals surface area contributed by atoms with Crippen molar-refractivity contribution in [3.05, 3.63) is 176 Å². The van der Waals surface area contributed by atoms with E-state index >= 15 is 0 Å². The summed E-state index contributed by atoms with van der Waals surface area (Å²) in [5, 5.41) is 9.49. The highest BCUT2D eigenvalue weighted by Crippen LogP contribution is 2.44. The average molecular weight is 624 g/mol. The van der Waals surface area contributed by atoms with Crippen molar-refractivity contribution in [3.8, 4) is 44.6 Å². The summed E-state index contributed by atoms with van der Waals surface area (Å²) in [4.78, 5) is 5.07. The van der Waals surface area contributed by atoms with Crippen molar-refractivity contribution in [3.63, 3.8) is 0 Å². The molecule has 0 saturated carbocycles. The smallest absolute Gasteiger partial charge is 0.144 e. The normalized spacial score (nSPS) is 11.7. The molecule has 0 saturated heterocycles. The van der Waals surface area contributed by atoms with E-state index in [1.54, 1.807) is 0 Å². The Balaban J connectivity index is 1.11. The van der Waals surface area contributed by atoms with E-state index in [-0.39, 0.29) is 0 Å². The zero-order valence-corrected chi connectivity index (χ0v) is 26.6. The molecule has 0 fully saturated rings. The Bertz CT molecular complexity index is 2790. The summed E-state index contributed by atoms with van der Waals surface area (Å²) in [7, 11) is 0. The van der Waals surface area contributed by atoms with Crippen molar-refractivity contribution < 1.29 is 4.42 Å². The van der Waals surface area contributed by atoms with Crippen molar-refractivity contribution in [2.24, 2.45) is 0 Å². The minimum atomic E-state index is 0.867. The van der Waals surface area contributed by atoms with Gasteiger partial charge in [-0.3, -0.25) is 4.98 Å². The summed E-state index contributed by atoms with van der Waals surface area (Å²) in [5.74, 6) is 0. The Labute approximate surface area is 283 Å². The van der Waals surface area contributed by atoms with Gasteiger partial charge >= 0.3 is 0 Å². The van der Waals surface area contributed by atoms with Crippen LogP contribution in [0.1, 0.15) is 0 Å². The number of fused-ring (bicyclic) bond motifs is 6. The van der Waals surface area contributed by atoms with Crippen LogP contribution in [-0.2, 0) is 0 Å². The number of pyridine rings is 1. The van der Waals surface area contributed by atoms with Gasteiger partial charge in [0.05, 0.1) is 5.69 Å². The van der Waals surface area contributed by atoms with Crippen molar-refractivity contribution >= 4 is 54.3 Å². The Morgan fingerprint density at radius 3 is 1.55 bits per heavy atom. The molecule has 0 radical (unpaired) electrons. The minimum absolute atomic E-state index is 0.867. The van der Waals surface area contributed by atoms with Crippen LogP contribution in [0.5, 0.6) is 0 Å². The molecule has 0 aliphatic carbocycles. The van der Waals surface area contributed by atoms with Crippen molar-refractivity contribution in [2.75, 3.05) is 0 Å². The van der Waals surface area contributed by atoms with Gasteiger partial charge in [-0.25, -0.2) is 0 Å². The predicted octanol–water partition coefficient (Wildman–Crippen LogP) is 13.1. The van der Waals surface area contributed by atoms with E-state index in [0.29, 0.717) is 0 Å². The molecule has 10 rings (SSSR count). The molecule has 10 aromatic rings. The SMILES string of the molecule is c1ccc(-c2ccc(-c3c4ccccc4c(-c4ccc(-c5cccc6c5oc5cc7ccccc7cc56)nc4)c4ccccc34)cc2)cc1. The van der Waals surface area contributed by atoms with E-state index in [2.05, 4.69) is 170 Å². The maximum atomic E-state index is 6.52. The molecule has 0 aliphatic rings. The monoisotopic (exact) mass is 623 g/mol. The van der Waals surface area contributed by atoms with E-state index in [4.69, 9.17) is 9.40 Å². The first-order valence-corrected chi connectivity index (χ1v) is 16.7. The van der Waals surface area contributed by atoms with Gasteiger partial charge in [-0.15, -0.1) is 0 Å². The van der Waals surface area contributed by atoms with Crippen LogP contribution in [0.15, 0.2) is 180 Å². The van der Waals surface area contributed by atoms with Crippen LogP contribution in [0.2, 0.25) is 0 Å². The van der Waals surface area contributed by atoms with Crippen molar-refractivity contribution in [2.45, 2.75) is 0 Å². The average Bonchev–Trinajstić information content (AvgIpc) is 3.54. The van der Waals surface area contributed by atoms with Crippen LogP contribution in [-0.4, -0.2) is 4.98 Å². The zero-order valence-electron chi connectivity index (χ0n) is 26.6. The number of hydrogen-bond acceptors (Lipinski definition) is 2. The summed E-state index contributed by atoms with van der Waals surface area (Å²) in [6.45, 7) is 0. The molecule has 0 spiro atoms. The highest BCUT2D eigenvalue weighted by Gasteiger charge is 2.18. The fraction of sp³-hybridized carbons (Fsp3) is 0. The summed E-state index contributed by atoms with van der Waals surface area (Å²) in [6.07, 6.45) is 2.02. The number of rotatable bonds is 4. The van der Waals surface area contributed by atoms with Crippen LogP contribution >= 0.6 is 0 Å². The first-order chi connectivity index (χ1) is 24.3. The molecule has 2 aromatic heterocycles. The lowest BCUT2D eigenvalue weighted by molar-refractivity contribution is 0.670. The van der Waals surface area contributed by atoms with Gasteiger partial charge in [0.25, 0.3) is 0 Å². The minimum Gasteiger partial charge on any atom is -0.455 e. The number of nitrogens with zero attached hydrogens (tertiary/aromatic N) is 1. The van der Waals surface area contributed by atoms with Crippen LogP contribution in [0.25, 0.3) is 98.9 Å². The second kappa shape index (κ2) is 11.0. The Hall–Kier alpha value is -6.51. The molecule has 2 nitrogen and oxygen atoms in total. The molecule has 228 valence electrons. The van der Waals surface area contributed by atoms with Gasteiger partial charge in [-0.1, -0.05) is 146 Å². The number of para-hydroxylation sites is 1. The Morgan fingerprint density at radius 2 is 0.898 bits per heavy atom. The molecule has 2 heteroatoms. The largest absolute Gasteiger partial charge is 0.455 e. The van der Waals surface area contributed by atoms with E-state index in [1.807, 2.05) is 6.20 Å². The van der Waals surface area contributed by atoms with E-state index in [0.717, 1.165) is 38.8 Å². The lowest BCUT2D eigenvalue weighted by Gasteiger charge is -2.18. The summed E-state index contributed by atoms with van der Waals surface area (Å²) < 4.78 is 6.52. The first kappa shape index (κ1) is 27.6. The van der Waals surface area contributed by atoms with E-state index in [9.17, 15) is 0 Å².